The number of piperazine rings is 1. The molecule has 5 rings (SSSR count). The molecule has 0 radical (unpaired) electrons. The summed E-state index contributed by atoms with van der Waals surface area (Å²) in [6.07, 6.45) is 2.37. The van der Waals surface area contributed by atoms with Crippen LogP contribution in [0.1, 0.15) is 50.4 Å². The Bertz CT molecular complexity index is 2040. The quantitative estimate of drug-likeness (QED) is 0.245. The van der Waals surface area contributed by atoms with Gasteiger partial charge in [-0.3, -0.25) is 14.3 Å². The van der Waals surface area contributed by atoms with Crippen LogP contribution in [0.25, 0.3) is 33.8 Å². The van der Waals surface area contributed by atoms with Crippen molar-refractivity contribution in [2.24, 2.45) is 0 Å². The van der Waals surface area contributed by atoms with Gasteiger partial charge in [-0.2, -0.15) is 4.98 Å². The SMILES string of the molecule is [2H]C([2H])=Cc1cccc(F)c1-c1cc2c(cc1F)c(N1CCN(C(=O)C(=C)F)C[C@@H]1C)nc(=O)n2-c1c(C([2H])([2H])[2H])ccnc1C(C)C. The number of benzene rings is 2. The van der Waals surface area contributed by atoms with Gasteiger partial charge in [-0.25, -0.2) is 18.0 Å². The van der Waals surface area contributed by atoms with E-state index in [0.717, 1.165) is 22.8 Å². The van der Waals surface area contributed by atoms with Crippen molar-refractivity contribution in [3.63, 3.8) is 0 Å². The molecule has 1 aliphatic heterocycles. The molecular weight excluding hydrogens is 555 g/mol. The second-order valence-corrected chi connectivity index (χ2v) is 10.7. The number of halogens is 3. The van der Waals surface area contributed by atoms with Gasteiger partial charge in [0.05, 0.1) is 19.6 Å². The maximum atomic E-state index is 16.3. The molecule has 2 aromatic carbocycles. The monoisotopic (exact) mass is 592 g/mol. The van der Waals surface area contributed by atoms with Crippen molar-refractivity contribution in [1.29, 1.82) is 0 Å². The first-order valence-corrected chi connectivity index (χ1v) is 13.6. The number of nitrogens with zero attached hydrogens (tertiary/aromatic N) is 5. The number of hydrogen-bond acceptors (Lipinski definition) is 5. The number of amides is 1. The Morgan fingerprint density at radius 3 is 2.67 bits per heavy atom. The highest BCUT2D eigenvalue weighted by atomic mass is 19.1. The van der Waals surface area contributed by atoms with Crippen LogP contribution in [0, 0.1) is 18.5 Å². The maximum absolute atomic E-state index is 16.3. The molecule has 0 saturated carbocycles. The number of carbonyl (C=O) groups excluding carboxylic acids is 1. The van der Waals surface area contributed by atoms with Crippen molar-refractivity contribution in [3.05, 3.63) is 100 Å². The van der Waals surface area contributed by atoms with Crippen LogP contribution in [-0.2, 0) is 4.79 Å². The van der Waals surface area contributed by atoms with Crippen molar-refractivity contribution in [1.82, 2.24) is 19.4 Å². The smallest absolute Gasteiger partial charge is 0.350 e. The fourth-order valence-electron chi connectivity index (χ4n) is 5.56. The summed E-state index contributed by atoms with van der Waals surface area (Å²) in [7, 11) is 0. The van der Waals surface area contributed by atoms with Gasteiger partial charge in [-0.05, 0) is 55.1 Å². The first-order valence-electron chi connectivity index (χ1n) is 16.1. The first kappa shape index (κ1) is 23.8. The van der Waals surface area contributed by atoms with E-state index in [1.165, 1.54) is 35.4 Å². The predicted molar refractivity (Wildman–Crippen MR) is 163 cm³/mol. The Kier molecular flexibility index (Phi) is 6.37. The molecular formula is C33H32F3N5O2. The number of aromatic nitrogens is 3. The molecule has 222 valence electrons. The van der Waals surface area contributed by atoms with Crippen LogP contribution in [0.3, 0.4) is 0 Å². The van der Waals surface area contributed by atoms with Gasteiger partial charge in [-0.1, -0.05) is 45.2 Å². The lowest BCUT2D eigenvalue weighted by Crippen LogP contribution is -2.54. The zero-order valence-corrected chi connectivity index (χ0v) is 23.8. The molecule has 1 atom stereocenters. The number of carbonyl (C=O) groups is 1. The summed E-state index contributed by atoms with van der Waals surface area (Å²) < 4.78 is 86.5. The molecule has 1 fully saturated rings. The normalized spacial score (nSPS) is 17.2. The summed E-state index contributed by atoms with van der Waals surface area (Å²) in [5, 5.41) is 0.0718. The van der Waals surface area contributed by atoms with Crippen molar-refractivity contribution in [2.75, 3.05) is 24.5 Å². The van der Waals surface area contributed by atoms with Gasteiger partial charge in [0.15, 0.2) is 5.83 Å². The summed E-state index contributed by atoms with van der Waals surface area (Å²) in [5.74, 6) is -4.14. The lowest BCUT2D eigenvalue weighted by atomic mass is 9.96. The molecule has 1 saturated heterocycles. The molecule has 0 spiro atoms. The van der Waals surface area contributed by atoms with Gasteiger partial charge in [0.25, 0.3) is 5.91 Å². The lowest BCUT2D eigenvalue weighted by Gasteiger charge is -2.40. The van der Waals surface area contributed by atoms with E-state index in [0.29, 0.717) is 0 Å². The molecule has 10 heteroatoms. The van der Waals surface area contributed by atoms with E-state index in [4.69, 9.17) is 6.85 Å². The van der Waals surface area contributed by atoms with E-state index in [9.17, 15) is 14.0 Å². The molecule has 4 aromatic rings. The average molecular weight is 593 g/mol. The van der Waals surface area contributed by atoms with E-state index < -0.39 is 48.5 Å². The summed E-state index contributed by atoms with van der Waals surface area (Å²) in [6.45, 7) is 5.10. The van der Waals surface area contributed by atoms with Crippen molar-refractivity contribution in [2.45, 2.75) is 39.6 Å². The van der Waals surface area contributed by atoms with Gasteiger partial charge in [0.2, 0.25) is 0 Å². The number of aryl methyl sites for hydroxylation is 1. The second kappa shape index (κ2) is 11.5. The fraction of sp³-hybridized carbons (Fsp3) is 0.273. The highest BCUT2D eigenvalue weighted by Crippen LogP contribution is 2.37. The summed E-state index contributed by atoms with van der Waals surface area (Å²) >= 11 is 0. The average Bonchev–Trinajstić information content (AvgIpc) is 2.99. The predicted octanol–water partition coefficient (Wildman–Crippen LogP) is 6.32. The fourth-order valence-corrected chi connectivity index (χ4v) is 5.56. The van der Waals surface area contributed by atoms with Crippen LogP contribution >= 0.6 is 0 Å². The Morgan fingerprint density at radius 1 is 1.21 bits per heavy atom. The van der Waals surface area contributed by atoms with Gasteiger partial charge < -0.3 is 9.80 Å². The lowest BCUT2D eigenvalue weighted by molar-refractivity contribution is -0.129. The molecule has 1 aliphatic rings. The van der Waals surface area contributed by atoms with Crippen molar-refractivity contribution in [3.8, 4) is 16.8 Å². The topological polar surface area (TPSA) is 71.3 Å². The Labute approximate surface area is 254 Å². The third kappa shape index (κ3) is 5.22. The third-order valence-electron chi connectivity index (χ3n) is 7.57. The van der Waals surface area contributed by atoms with E-state index >= 15 is 8.78 Å². The van der Waals surface area contributed by atoms with Crippen LogP contribution in [0.4, 0.5) is 19.0 Å². The first-order chi connectivity index (χ1) is 22.5. The Morgan fingerprint density at radius 2 is 2.00 bits per heavy atom. The number of rotatable bonds is 6. The molecule has 3 heterocycles. The molecule has 7 nitrogen and oxygen atoms in total. The van der Waals surface area contributed by atoms with Gasteiger partial charge in [-0.15, -0.1) is 0 Å². The van der Waals surface area contributed by atoms with Crippen LogP contribution in [-0.4, -0.2) is 51.0 Å². The molecule has 0 bridgehead atoms. The van der Waals surface area contributed by atoms with E-state index in [1.54, 1.807) is 25.7 Å². The van der Waals surface area contributed by atoms with Crippen molar-refractivity contribution >= 4 is 28.7 Å². The van der Waals surface area contributed by atoms with E-state index in [-0.39, 0.29) is 75.9 Å². The third-order valence-corrected chi connectivity index (χ3v) is 7.57. The van der Waals surface area contributed by atoms with Crippen LogP contribution in [0.2, 0.25) is 0 Å². The minimum absolute atomic E-state index is 0.0141. The second-order valence-electron chi connectivity index (χ2n) is 10.7. The van der Waals surface area contributed by atoms with E-state index in [2.05, 4.69) is 16.5 Å². The van der Waals surface area contributed by atoms with Crippen LogP contribution in [0.15, 0.2) is 66.3 Å². The summed E-state index contributed by atoms with van der Waals surface area (Å²) in [4.78, 5) is 38.1. The minimum atomic E-state index is -2.71. The summed E-state index contributed by atoms with van der Waals surface area (Å²) in [6, 6.07) is 6.88. The molecule has 0 unspecified atom stereocenters. The maximum Gasteiger partial charge on any atom is 0.354 e. The molecule has 1 amide bonds. The molecule has 0 N–H and O–H groups in total. The number of fused-ring (bicyclic) bond motifs is 1. The number of anilines is 1. The Hall–Kier alpha value is -4.73. The van der Waals surface area contributed by atoms with E-state index in [1.807, 2.05) is 0 Å². The highest BCUT2D eigenvalue weighted by Gasteiger charge is 2.31. The standard InChI is InChI=1S/C33H32F3N5O2/c1-7-22-9-8-10-25(35)28(22)23-16-27-24(15-26(23)36)31(40-14-13-39(17-20(40)5)32(42)21(6)34)38-33(43)41(27)30-19(4)11-12-37-29(30)18(2)3/h7-12,15-16,18,20H,1,6,13-14,17H2,2-5H3/t20-/m0/s1/i1D2,4D3. The molecule has 2 aromatic heterocycles. The molecule has 43 heavy (non-hydrogen) atoms. The van der Waals surface area contributed by atoms with Crippen LogP contribution < -0.4 is 10.6 Å². The molecule has 0 aliphatic carbocycles. The zero-order chi connectivity index (χ0) is 35.2. The largest absolute Gasteiger partial charge is 0.354 e. The minimum Gasteiger partial charge on any atom is -0.350 e. The summed E-state index contributed by atoms with van der Waals surface area (Å²) in [5.41, 5.74) is -1.52. The van der Waals surface area contributed by atoms with Gasteiger partial charge >= 0.3 is 5.69 Å². The highest BCUT2D eigenvalue weighted by molar-refractivity contribution is 5.95. The van der Waals surface area contributed by atoms with Gasteiger partial charge in [0.1, 0.15) is 17.5 Å². The number of pyridine rings is 1. The van der Waals surface area contributed by atoms with Gasteiger partial charge in [0, 0.05) is 52.5 Å². The number of hydrogen-bond donors (Lipinski definition) is 0. The van der Waals surface area contributed by atoms with Crippen LogP contribution in [0.5, 0.6) is 0 Å². The Balaban J connectivity index is 1.89. The zero-order valence-electron chi connectivity index (χ0n) is 28.8. The van der Waals surface area contributed by atoms with Crippen molar-refractivity contribution < 1.29 is 24.8 Å².